The molecule has 0 aromatic carbocycles. The van der Waals surface area contributed by atoms with E-state index in [0.29, 0.717) is 12.8 Å². The number of imide groups is 1. The Morgan fingerprint density at radius 2 is 1.78 bits per heavy atom. The van der Waals surface area contributed by atoms with E-state index in [9.17, 15) is 9.59 Å². The van der Waals surface area contributed by atoms with Crippen LogP contribution in [0, 0.1) is 0 Å². The third kappa shape index (κ3) is 0.929. The summed E-state index contributed by atoms with van der Waals surface area (Å²) in [6.45, 7) is 0.0255. The van der Waals surface area contributed by atoms with Crippen molar-refractivity contribution in [2.45, 2.75) is 12.8 Å². The maximum atomic E-state index is 10.6. The topological polar surface area (TPSA) is 63.4 Å². The minimum absolute atomic E-state index is 0.0255. The van der Waals surface area contributed by atoms with Gasteiger partial charge in [0.1, 0.15) is 0 Å². The molecule has 0 aliphatic carbocycles. The summed E-state index contributed by atoms with van der Waals surface area (Å²) in [5.41, 5.74) is 5.10. The summed E-state index contributed by atoms with van der Waals surface area (Å²) in [6.07, 6.45) is 0.659. The third-order valence-corrected chi connectivity index (χ3v) is 1.34. The number of nitrogens with zero attached hydrogens (tertiary/aromatic N) is 1. The Labute approximate surface area is 52.6 Å². The normalized spacial score (nSPS) is 19.4. The zero-order chi connectivity index (χ0) is 6.85. The molecule has 0 unspecified atom stereocenters. The predicted molar refractivity (Wildman–Crippen MR) is 30.1 cm³/mol. The van der Waals surface area contributed by atoms with Gasteiger partial charge in [-0.25, -0.2) is 0 Å². The largest absolute Gasteiger partial charge is 0.313 e. The molecule has 1 rings (SSSR count). The lowest BCUT2D eigenvalue weighted by atomic mass is 10.4. The average Bonchev–Trinajstić information content (AvgIpc) is 2.12. The summed E-state index contributed by atoms with van der Waals surface area (Å²) in [5, 5.41) is 0. The number of carbonyl (C=O) groups is 2. The summed E-state index contributed by atoms with van der Waals surface area (Å²) in [5.74, 6) is -0.301. The van der Waals surface area contributed by atoms with Crippen LogP contribution in [0.4, 0.5) is 0 Å². The van der Waals surface area contributed by atoms with Crippen LogP contribution in [0.2, 0.25) is 0 Å². The first-order valence-corrected chi connectivity index (χ1v) is 2.79. The number of hydrogen-bond donors (Lipinski definition) is 1. The van der Waals surface area contributed by atoms with E-state index >= 15 is 0 Å². The van der Waals surface area contributed by atoms with Gasteiger partial charge in [-0.05, 0) is 0 Å². The van der Waals surface area contributed by atoms with E-state index in [1.807, 2.05) is 0 Å². The quantitative estimate of drug-likeness (QED) is 0.463. The van der Waals surface area contributed by atoms with E-state index in [-0.39, 0.29) is 18.5 Å². The second kappa shape index (κ2) is 2.14. The number of nitrogens with two attached hydrogens (primary N) is 1. The summed E-state index contributed by atoms with van der Waals surface area (Å²) >= 11 is 0. The maximum Gasteiger partial charge on any atom is 0.230 e. The van der Waals surface area contributed by atoms with Crippen LogP contribution < -0.4 is 5.73 Å². The van der Waals surface area contributed by atoms with Gasteiger partial charge in [0.2, 0.25) is 11.8 Å². The standard InChI is InChI=1S/C5H8N2O2/c6-3-7-4(8)1-2-5(7)9/h1-3,6H2. The van der Waals surface area contributed by atoms with Crippen molar-refractivity contribution < 1.29 is 9.59 Å². The molecule has 1 heterocycles. The van der Waals surface area contributed by atoms with Crippen LogP contribution >= 0.6 is 0 Å². The molecule has 4 heteroatoms. The highest BCUT2D eigenvalue weighted by Gasteiger charge is 2.26. The van der Waals surface area contributed by atoms with Crippen LogP contribution in [0.1, 0.15) is 12.8 Å². The van der Waals surface area contributed by atoms with E-state index in [1.165, 1.54) is 0 Å². The highest BCUT2D eigenvalue weighted by molar-refractivity contribution is 6.01. The van der Waals surface area contributed by atoms with Crippen molar-refractivity contribution in [2.75, 3.05) is 6.67 Å². The second-order valence-electron chi connectivity index (χ2n) is 1.90. The maximum absolute atomic E-state index is 10.6. The van der Waals surface area contributed by atoms with Gasteiger partial charge in [-0.2, -0.15) is 0 Å². The number of amides is 2. The molecule has 50 valence electrons. The molecule has 4 nitrogen and oxygen atoms in total. The Morgan fingerprint density at radius 1 is 1.33 bits per heavy atom. The molecule has 0 radical (unpaired) electrons. The number of likely N-dealkylation sites (tertiary alicyclic amines) is 1. The Bertz CT molecular complexity index is 139. The number of rotatable bonds is 1. The Kier molecular flexibility index (Phi) is 1.48. The molecule has 0 bridgehead atoms. The Hall–Kier alpha value is -0.900. The first-order valence-electron chi connectivity index (χ1n) is 2.79. The van der Waals surface area contributed by atoms with E-state index in [1.54, 1.807) is 0 Å². The van der Waals surface area contributed by atoms with Crippen molar-refractivity contribution in [1.82, 2.24) is 4.90 Å². The van der Waals surface area contributed by atoms with Crippen molar-refractivity contribution in [3.63, 3.8) is 0 Å². The van der Waals surface area contributed by atoms with Gasteiger partial charge in [0.05, 0.1) is 6.67 Å². The summed E-state index contributed by atoms with van der Waals surface area (Å²) < 4.78 is 0. The van der Waals surface area contributed by atoms with Crippen LogP contribution in [0.15, 0.2) is 0 Å². The van der Waals surface area contributed by atoms with Gasteiger partial charge < -0.3 is 5.73 Å². The number of carbonyl (C=O) groups excluding carboxylic acids is 2. The van der Waals surface area contributed by atoms with Crippen LogP contribution in [-0.4, -0.2) is 23.4 Å². The SMILES string of the molecule is NCN1C(=O)CCC1=O. The van der Waals surface area contributed by atoms with Crippen LogP contribution in [-0.2, 0) is 9.59 Å². The number of hydrogen-bond acceptors (Lipinski definition) is 3. The van der Waals surface area contributed by atoms with Crippen molar-refractivity contribution in [2.24, 2.45) is 5.73 Å². The van der Waals surface area contributed by atoms with Crippen molar-refractivity contribution in [3.8, 4) is 0 Å². The average molecular weight is 128 g/mol. The molecular formula is C5H8N2O2. The molecule has 0 atom stereocenters. The fourth-order valence-electron chi connectivity index (χ4n) is 0.827. The third-order valence-electron chi connectivity index (χ3n) is 1.34. The Balaban J connectivity index is 2.66. The fourth-order valence-corrected chi connectivity index (χ4v) is 0.827. The molecule has 1 saturated heterocycles. The summed E-state index contributed by atoms with van der Waals surface area (Å²) in [6, 6.07) is 0. The van der Waals surface area contributed by atoms with Gasteiger partial charge in [-0.3, -0.25) is 14.5 Å². The summed E-state index contributed by atoms with van der Waals surface area (Å²) in [7, 11) is 0. The molecule has 9 heavy (non-hydrogen) atoms. The van der Waals surface area contributed by atoms with Gasteiger partial charge in [0, 0.05) is 12.8 Å². The monoisotopic (exact) mass is 128 g/mol. The fraction of sp³-hybridized carbons (Fsp3) is 0.600. The molecule has 2 N–H and O–H groups in total. The lowest BCUT2D eigenvalue weighted by molar-refractivity contribution is -0.138. The van der Waals surface area contributed by atoms with Crippen molar-refractivity contribution in [3.05, 3.63) is 0 Å². The molecule has 0 saturated carbocycles. The highest BCUT2D eigenvalue weighted by atomic mass is 16.2. The van der Waals surface area contributed by atoms with Crippen molar-refractivity contribution in [1.29, 1.82) is 0 Å². The molecule has 0 spiro atoms. The molecular weight excluding hydrogens is 120 g/mol. The van der Waals surface area contributed by atoms with E-state index in [0.717, 1.165) is 4.90 Å². The molecule has 2 amide bonds. The van der Waals surface area contributed by atoms with Gasteiger partial charge in [-0.15, -0.1) is 0 Å². The van der Waals surface area contributed by atoms with Crippen molar-refractivity contribution >= 4 is 11.8 Å². The van der Waals surface area contributed by atoms with Crippen LogP contribution in [0.5, 0.6) is 0 Å². The van der Waals surface area contributed by atoms with Gasteiger partial charge in [-0.1, -0.05) is 0 Å². The molecule has 1 aliphatic rings. The minimum Gasteiger partial charge on any atom is -0.313 e. The van der Waals surface area contributed by atoms with Gasteiger partial charge in [0.25, 0.3) is 0 Å². The molecule has 1 aliphatic heterocycles. The van der Waals surface area contributed by atoms with E-state index in [4.69, 9.17) is 5.73 Å². The Morgan fingerprint density at radius 3 is 2.00 bits per heavy atom. The van der Waals surface area contributed by atoms with E-state index in [2.05, 4.69) is 0 Å². The predicted octanol–water partition coefficient (Wildman–Crippen LogP) is -0.948. The smallest absolute Gasteiger partial charge is 0.230 e. The minimum atomic E-state index is -0.150. The summed E-state index contributed by atoms with van der Waals surface area (Å²) in [4.78, 5) is 22.4. The lowest BCUT2D eigenvalue weighted by Gasteiger charge is -2.07. The first kappa shape index (κ1) is 6.22. The van der Waals surface area contributed by atoms with E-state index < -0.39 is 0 Å². The molecule has 1 fully saturated rings. The second-order valence-corrected chi connectivity index (χ2v) is 1.90. The lowest BCUT2D eigenvalue weighted by Crippen LogP contribution is -2.34. The molecule has 0 aromatic heterocycles. The first-order chi connectivity index (χ1) is 4.25. The zero-order valence-electron chi connectivity index (χ0n) is 4.96. The highest BCUT2D eigenvalue weighted by Crippen LogP contribution is 2.08. The molecule has 0 aromatic rings. The zero-order valence-corrected chi connectivity index (χ0v) is 4.96. The van der Waals surface area contributed by atoms with Crippen LogP contribution in [0.3, 0.4) is 0 Å². The van der Waals surface area contributed by atoms with Gasteiger partial charge >= 0.3 is 0 Å². The van der Waals surface area contributed by atoms with Crippen LogP contribution in [0.25, 0.3) is 0 Å². The van der Waals surface area contributed by atoms with Gasteiger partial charge in [0.15, 0.2) is 0 Å².